The quantitative estimate of drug-likeness (QED) is 0.791. The van der Waals surface area contributed by atoms with Crippen LogP contribution in [0.5, 0.6) is 0 Å². The lowest BCUT2D eigenvalue weighted by Gasteiger charge is -2.09. The van der Waals surface area contributed by atoms with Gasteiger partial charge in [-0.3, -0.25) is 4.98 Å². The lowest BCUT2D eigenvalue weighted by atomic mass is 9.99. The van der Waals surface area contributed by atoms with Crippen molar-refractivity contribution in [2.45, 2.75) is 6.42 Å². The van der Waals surface area contributed by atoms with Crippen LogP contribution in [0, 0.1) is 0 Å². The summed E-state index contributed by atoms with van der Waals surface area (Å²) < 4.78 is 0. The van der Waals surface area contributed by atoms with Crippen LogP contribution < -0.4 is 0 Å². The third-order valence-corrected chi connectivity index (χ3v) is 2.99. The second kappa shape index (κ2) is 5.30. The lowest BCUT2D eigenvalue weighted by molar-refractivity contribution is -0.107. The zero-order valence-corrected chi connectivity index (χ0v) is 10.4. The lowest BCUT2D eigenvalue weighted by Crippen LogP contribution is -1.92. The summed E-state index contributed by atoms with van der Waals surface area (Å²) in [6, 6.07) is 7.11. The molecule has 0 aliphatic rings. The Kier molecular flexibility index (Phi) is 3.77. The average molecular weight is 266 g/mol. The number of carbonyl (C=O) groups excluding carboxylic acids is 1. The van der Waals surface area contributed by atoms with Gasteiger partial charge in [-0.15, -0.1) is 0 Å². The normalized spacial score (nSPS) is 10.2. The Morgan fingerprint density at radius 3 is 2.71 bits per heavy atom. The molecule has 0 aliphatic heterocycles. The van der Waals surface area contributed by atoms with Crippen molar-refractivity contribution in [1.29, 1.82) is 0 Å². The molecule has 0 spiro atoms. The molecule has 2 aromatic rings. The van der Waals surface area contributed by atoms with Crippen molar-refractivity contribution in [3.63, 3.8) is 0 Å². The third kappa shape index (κ3) is 2.65. The van der Waals surface area contributed by atoms with Crippen LogP contribution in [0.1, 0.15) is 5.56 Å². The van der Waals surface area contributed by atoms with Crippen LogP contribution in [-0.4, -0.2) is 11.3 Å². The predicted molar refractivity (Wildman–Crippen MR) is 69.5 cm³/mol. The molecule has 0 saturated heterocycles. The van der Waals surface area contributed by atoms with Gasteiger partial charge in [0.25, 0.3) is 0 Å². The van der Waals surface area contributed by atoms with Crippen molar-refractivity contribution >= 4 is 29.5 Å². The first kappa shape index (κ1) is 12.1. The zero-order chi connectivity index (χ0) is 12.3. The van der Waals surface area contributed by atoms with Crippen molar-refractivity contribution in [1.82, 2.24) is 4.98 Å². The van der Waals surface area contributed by atoms with Gasteiger partial charge < -0.3 is 4.79 Å². The summed E-state index contributed by atoms with van der Waals surface area (Å²) >= 11 is 12.0. The van der Waals surface area contributed by atoms with Crippen LogP contribution in [-0.2, 0) is 11.2 Å². The van der Waals surface area contributed by atoms with Gasteiger partial charge >= 0.3 is 0 Å². The van der Waals surface area contributed by atoms with E-state index in [4.69, 9.17) is 23.2 Å². The summed E-state index contributed by atoms with van der Waals surface area (Å²) in [6.45, 7) is 0. The number of hydrogen-bond acceptors (Lipinski definition) is 2. The minimum atomic E-state index is 0.307. The maximum absolute atomic E-state index is 10.7. The smallest absolute Gasteiger partial charge is 0.124 e. The predicted octanol–water partition coefficient (Wildman–Crippen LogP) is 3.80. The average Bonchev–Trinajstić information content (AvgIpc) is 2.31. The number of hydrogen-bond donors (Lipinski definition) is 0. The Bertz CT molecular complexity index is 555. The molecule has 0 radical (unpaired) electrons. The molecule has 2 nitrogen and oxygen atoms in total. The van der Waals surface area contributed by atoms with Gasteiger partial charge in [-0.2, -0.15) is 0 Å². The van der Waals surface area contributed by atoms with Crippen LogP contribution in [0.4, 0.5) is 0 Å². The highest BCUT2D eigenvalue weighted by Gasteiger charge is 2.09. The van der Waals surface area contributed by atoms with Gasteiger partial charge in [0.15, 0.2) is 0 Å². The van der Waals surface area contributed by atoms with Crippen LogP contribution in [0.2, 0.25) is 10.0 Å². The monoisotopic (exact) mass is 265 g/mol. The van der Waals surface area contributed by atoms with Crippen molar-refractivity contribution in [2.24, 2.45) is 0 Å². The standard InChI is InChI=1S/C13H9Cl2NO/c14-10-1-2-11(9(7-10)4-6-17)12-8-16-5-3-13(12)15/h1-3,5-8H,4H2. The van der Waals surface area contributed by atoms with E-state index in [0.29, 0.717) is 16.5 Å². The number of pyridine rings is 1. The van der Waals surface area contributed by atoms with E-state index < -0.39 is 0 Å². The fourth-order valence-corrected chi connectivity index (χ4v) is 2.06. The van der Waals surface area contributed by atoms with Gasteiger partial charge in [-0.25, -0.2) is 0 Å². The summed E-state index contributed by atoms with van der Waals surface area (Å²) in [7, 11) is 0. The Hall–Kier alpha value is -1.38. The van der Waals surface area contributed by atoms with Crippen LogP contribution >= 0.6 is 23.2 Å². The first-order valence-electron chi connectivity index (χ1n) is 5.04. The molecule has 1 aromatic heterocycles. The topological polar surface area (TPSA) is 30.0 Å². The van der Waals surface area contributed by atoms with Gasteiger partial charge in [0.2, 0.25) is 0 Å². The van der Waals surface area contributed by atoms with E-state index in [-0.39, 0.29) is 0 Å². The second-order valence-corrected chi connectivity index (χ2v) is 4.37. The van der Waals surface area contributed by atoms with E-state index in [1.807, 2.05) is 6.07 Å². The number of carbonyl (C=O) groups is 1. The van der Waals surface area contributed by atoms with E-state index in [1.165, 1.54) is 0 Å². The van der Waals surface area contributed by atoms with Gasteiger partial charge in [0.05, 0.1) is 5.02 Å². The number of nitrogens with zero attached hydrogens (tertiary/aromatic N) is 1. The Balaban J connectivity index is 2.58. The molecule has 17 heavy (non-hydrogen) atoms. The van der Waals surface area contributed by atoms with Crippen molar-refractivity contribution in [3.05, 3.63) is 52.3 Å². The summed E-state index contributed by atoms with van der Waals surface area (Å²) in [5.74, 6) is 0. The Labute approximate surface area is 109 Å². The number of aromatic nitrogens is 1. The number of aldehydes is 1. The molecule has 0 fully saturated rings. The van der Waals surface area contributed by atoms with Gasteiger partial charge in [-0.1, -0.05) is 29.3 Å². The fourth-order valence-electron chi connectivity index (χ4n) is 1.66. The highest BCUT2D eigenvalue weighted by molar-refractivity contribution is 6.33. The van der Waals surface area contributed by atoms with E-state index in [1.54, 1.807) is 30.6 Å². The van der Waals surface area contributed by atoms with E-state index in [2.05, 4.69) is 4.98 Å². The first-order valence-corrected chi connectivity index (χ1v) is 5.80. The molecule has 1 aromatic carbocycles. The molecule has 0 bridgehead atoms. The molecular formula is C13H9Cl2NO. The van der Waals surface area contributed by atoms with Gasteiger partial charge in [0.1, 0.15) is 6.29 Å². The van der Waals surface area contributed by atoms with Gasteiger partial charge in [0, 0.05) is 29.4 Å². The summed E-state index contributed by atoms with van der Waals surface area (Å²) in [6.07, 6.45) is 4.46. The minimum absolute atomic E-state index is 0.307. The molecule has 0 aliphatic carbocycles. The first-order chi connectivity index (χ1) is 8.22. The van der Waals surface area contributed by atoms with Crippen molar-refractivity contribution in [2.75, 3.05) is 0 Å². The SMILES string of the molecule is O=CCc1cc(Cl)ccc1-c1cnccc1Cl. The molecule has 4 heteroatoms. The van der Waals surface area contributed by atoms with E-state index in [9.17, 15) is 4.79 Å². The fraction of sp³-hybridized carbons (Fsp3) is 0.0769. The molecule has 0 unspecified atom stereocenters. The van der Waals surface area contributed by atoms with Crippen LogP contribution in [0.25, 0.3) is 11.1 Å². The number of rotatable bonds is 3. The van der Waals surface area contributed by atoms with Crippen molar-refractivity contribution < 1.29 is 4.79 Å². The largest absolute Gasteiger partial charge is 0.303 e. The summed E-state index contributed by atoms with van der Waals surface area (Å²) in [5, 5.41) is 1.21. The van der Waals surface area contributed by atoms with Gasteiger partial charge in [-0.05, 0) is 29.3 Å². The van der Waals surface area contributed by atoms with Crippen LogP contribution in [0.15, 0.2) is 36.7 Å². The zero-order valence-electron chi connectivity index (χ0n) is 8.86. The maximum atomic E-state index is 10.7. The maximum Gasteiger partial charge on any atom is 0.124 e. The van der Waals surface area contributed by atoms with E-state index >= 15 is 0 Å². The summed E-state index contributed by atoms with van der Waals surface area (Å²) in [4.78, 5) is 14.7. The van der Waals surface area contributed by atoms with Crippen molar-refractivity contribution in [3.8, 4) is 11.1 Å². The number of halogens is 2. The minimum Gasteiger partial charge on any atom is -0.303 e. The molecule has 1 heterocycles. The molecule has 86 valence electrons. The third-order valence-electron chi connectivity index (χ3n) is 2.43. The summed E-state index contributed by atoms with van der Waals surface area (Å²) in [5.41, 5.74) is 2.55. The van der Waals surface area contributed by atoms with E-state index in [0.717, 1.165) is 23.0 Å². The molecule has 0 saturated carbocycles. The molecule has 0 amide bonds. The molecule has 2 rings (SSSR count). The highest BCUT2D eigenvalue weighted by atomic mass is 35.5. The number of benzene rings is 1. The molecule has 0 atom stereocenters. The second-order valence-electron chi connectivity index (χ2n) is 3.53. The van der Waals surface area contributed by atoms with Crippen LogP contribution in [0.3, 0.4) is 0 Å². The highest BCUT2D eigenvalue weighted by Crippen LogP contribution is 2.31. The molecule has 0 N–H and O–H groups in total. The molecular weight excluding hydrogens is 257 g/mol. The Morgan fingerprint density at radius 2 is 2.00 bits per heavy atom. The Morgan fingerprint density at radius 1 is 1.18 bits per heavy atom.